The van der Waals surface area contributed by atoms with Crippen molar-refractivity contribution in [1.29, 1.82) is 0 Å². The lowest BCUT2D eigenvalue weighted by atomic mass is 10.2. The lowest BCUT2D eigenvalue weighted by Gasteiger charge is -2.19. The second-order valence-corrected chi connectivity index (χ2v) is 2.80. The van der Waals surface area contributed by atoms with Gasteiger partial charge >= 0.3 is 6.47 Å². The molecule has 0 bridgehead atoms. The molecule has 0 saturated carbocycles. The van der Waals surface area contributed by atoms with E-state index in [1.807, 2.05) is 10.9 Å². The van der Waals surface area contributed by atoms with Crippen LogP contribution in [-0.2, 0) is 4.65 Å². The molecule has 0 fully saturated rings. The third-order valence-electron chi connectivity index (χ3n) is 1.62. The zero-order chi connectivity index (χ0) is 9.40. The Bertz CT molecular complexity index is 128. The monoisotopic (exact) mass is 189 g/mol. The minimum atomic E-state index is -0.331. The molecule has 0 aromatic carbocycles. The van der Waals surface area contributed by atoms with Gasteiger partial charge in [0.05, 0.1) is 6.26 Å². The fraction of sp³-hybridized carbons (Fsp3) is 0.750. The van der Waals surface area contributed by atoms with Gasteiger partial charge in [0.2, 0.25) is 0 Å². The lowest BCUT2D eigenvalue weighted by molar-refractivity contribution is 0.381. The van der Waals surface area contributed by atoms with Crippen LogP contribution in [0.4, 0.5) is 0 Å². The van der Waals surface area contributed by atoms with Crippen LogP contribution in [0, 0.1) is 0 Å². The van der Waals surface area contributed by atoms with Crippen molar-refractivity contribution < 1.29 is 4.65 Å². The van der Waals surface area contributed by atoms with Gasteiger partial charge in [-0.15, -0.1) is 11.5 Å². The minimum Gasteiger partial charge on any atom is -0.540 e. The number of nitrogens with zero attached hydrogens (tertiary/aromatic N) is 1. The first-order valence-electron chi connectivity index (χ1n) is 4.44. The Labute approximate surface area is 80.6 Å². The predicted molar refractivity (Wildman–Crippen MR) is 55.0 cm³/mol. The van der Waals surface area contributed by atoms with Crippen molar-refractivity contribution in [1.82, 2.24) is 4.81 Å². The van der Waals surface area contributed by atoms with Gasteiger partial charge in [-0.2, -0.15) is 0 Å². The van der Waals surface area contributed by atoms with Crippen LogP contribution in [0.15, 0.2) is 12.3 Å². The minimum absolute atomic E-state index is 0.331. The first kappa shape index (κ1) is 11.9. The van der Waals surface area contributed by atoms with Gasteiger partial charge in [-0.1, -0.05) is 26.8 Å². The van der Waals surface area contributed by atoms with Crippen molar-refractivity contribution in [2.75, 3.05) is 13.1 Å². The molecule has 0 aliphatic carbocycles. The molecule has 2 nitrogen and oxygen atoms in total. The predicted octanol–water partition coefficient (Wildman–Crippen LogP) is 2.49. The normalized spacial score (nSPS) is 11.1. The van der Waals surface area contributed by atoms with Crippen LogP contribution in [0.25, 0.3) is 0 Å². The summed E-state index contributed by atoms with van der Waals surface area (Å²) in [5.41, 5.74) is 0. The number of rotatable bonds is 6. The van der Waals surface area contributed by atoms with Gasteiger partial charge in [0.15, 0.2) is 0 Å². The summed E-state index contributed by atoms with van der Waals surface area (Å²) in [5, 5.41) is 0. The topological polar surface area (TPSA) is 12.5 Å². The lowest BCUT2D eigenvalue weighted by Crippen LogP contribution is -2.36. The summed E-state index contributed by atoms with van der Waals surface area (Å²) in [6.45, 7) is 7.66. The summed E-state index contributed by atoms with van der Waals surface area (Å²) in [7, 11) is 0. The highest BCUT2D eigenvalue weighted by atomic mass is 35.5. The maximum Gasteiger partial charge on any atom is 0.561 e. The molecule has 0 spiro atoms. The number of hydrogen-bond donors (Lipinski definition) is 0. The summed E-state index contributed by atoms with van der Waals surface area (Å²) in [5.74, 6) is 0. The number of allylic oxidation sites excluding steroid dienone is 1. The van der Waals surface area contributed by atoms with E-state index in [-0.39, 0.29) is 6.47 Å². The Hall–Kier alpha value is -0.145. The molecule has 0 aromatic rings. The zero-order valence-electron chi connectivity index (χ0n) is 8.09. The fourth-order valence-corrected chi connectivity index (χ4v) is 1.15. The van der Waals surface area contributed by atoms with E-state index < -0.39 is 0 Å². The average molecular weight is 189 g/mol. The molecule has 0 amide bonds. The SMILES string of the molecule is CC/C=C/OB(Cl)N(CC)CC. The highest BCUT2D eigenvalue weighted by molar-refractivity contribution is 7.01. The van der Waals surface area contributed by atoms with Gasteiger partial charge < -0.3 is 4.65 Å². The number of halogens is 1. The second kappa shape index (κ2) is 7.50. The number of hydrogen-bond acceptors (Lipinski definition) is 2. The summed E-state index contributed by atoms with van der Waals surface area (Å²) in [6, 6.07) is 0. The van der Waals surface area contributed by atoms with Crippen LogP contribution < -0.4 is 0 Å². The highest BCUT2D eigenvalue weighted by Crippen LogP contribution is 2.01. The summed E-state index contributed by atoms with van der Waals surface area (Å²) >= 11 is 5.94. The third-order valence-corrected chi connectivity index (χ3v) is 2.00. The molecular weight excluding hydrogens is 172 g/mol. The molecule has 0 aliphatic rings. The molecule has 0 saturated heterocycles. The van der Waals surface area contributed by atoms with E-state index in [1.165, 1.54) is 0 Å². The first-order chi connectivity index (χ1) is 5.76. The molecule has 12 heavy (non-hydrogen) atoms. The van der Waals surface area contributed by atoms with Gasteiger partial charge in [-0.05, 0) is 19.5 Å². The highest BCUT2D eigenvalue weighted by Gasteiger charge is 2.20. The van der Waals surface area contributed by atoms with Gasteiger partial charge in [-0.25, -0.2) is 0 Å². The van der Waals surface area contributed by atoms with Gasteiger partial charge in [0.1, 0.15) is 0 Å². The van der Waals surface area contributed by atoms with Crippen molar-refractivity contribution in [2.45, 2.75) is 27.2 Å². The Balaban J connectivity index is 3.68. The van der Waals surface area contributed by atoms with Crippen LogP contribution >= 0.6 is 11.5 Å². The average Bonchev–Trinajstić information content (AvgIpc) is 2.07. The molecule has 4 heteroatoms. The summed E-state index contributed by atoms with van der Waals surface area (Å²) in [6.07, 6.45) is 4.58. The van der Waals surface area contributed by atoms with Crippen molar-refractivity contribution in [3.63, 3.8) is 0 Å². The van der Waals surface area contributed by atoms with Crippen LogP contribution in [0.1, 0.15) is 27.2 Å². The first-order valence-corrected chi connectivity index (χ1v) is 4.88. The quantitative estimate of drug-likeness (QED) is 0.470. The summed E-state index contributed by atoms with van der Waals surface area (Å²) < 4.78 is 5.24. The van der Waals surface area contributed by atoms with Gasteiger partial charge in [0.25, 0.3) is 0 Å². The molecule has 0 unspecified atom stereocenters. The van der Waals surface area contributed by atoms with Crippen molar-refractivity contribution in [3.05, 3.63) is 12.3 Å². The van der Waals surface area contributed by atoms with Crippen LogP contribution in [0.3, 0.4) is 0 Å². The smallest absolute Gasteiger partial charge is 0.540 e. The Morgan fingerprint density at radius 1 is 1.33 bits per heavy atom. The molecule has 0 N–H and O–H groups in total. The van der Waals surface area contributed by atoms with E-state index in [9.17, 15) is 0 Å². The second-order valence-electron chi connectivity index (χ2n) is 2.43. The van der Waals surface area contributed by atoms with E-state index in [0.717, 1.165) is 19.5 Å². The van der Waals surface area contributed by atoms with Crippen molar-refractivity contribution >= 4 is 17.9 Å². The molecule has 0 heterocycles. The van der Waals surface area contributed by atoms with Crippen molar-refractivity contribution in [3.8, 4) is 0 Å². The molecule has 0 atom stereocenters. The van der Waals surface area contributed by atoms with E-state index in [0.29, 0.717) is 0 Å². The maximum absolute atomic E-state index is 5.94. The van der Waals surface area contributed by atoms with Crippen LogP contribution in [-0.4, -0.2) is 24.4 Å². The van der Waals surface area contributed by atoms with E-state index in [1.54, 1.807) is 6.26 Å². The van der Waals surface area contributed by atoms with Crippen LogP contribution in [0.2, 0.25) is 0 Å². The van der Waals surface area contributed by atoms with E-state index >= 15 is 0 Å². The molecule has 0 aliphatic heterocycles. The Kier molecular flexibility index (Phi) is 7.41. The van der Waals surface area contributed by atoms with E-state index in [2.05, 4.69) is 20.8 Å². The molecular formula is C8H17BClNO. The van der Waals surface area contributed by atoms with Gasteiger partial charge in [-0.3, -0.25) is 4.81 Å². The maximum atomic E-state index is 5.94. The molecule has 0 aromatic heterocycles. The third kappa shape index (κ3) is 4.68. The molecule has 0 radical (unpaired) electrons. The van der Waals surface area contributed by atoms with E-state index in [4.69, 9.17) is 16.1 Å². The molecule has 70 valence electrons. The summed E-state index contributed by atoms with van der Waals surface area (Å²) in [4.78, 5) is 2.03. The van der Waals surface area contributed by atoms with Gasteiger partial charge in [0, 0.05) is 0 Å². The fourth-order valence-electron chi connectivity index (χ4n) is 0.813. The largest absolute Gasteiger partial charge is 0.561 e. The Morgan fingerprint density at radius 3 is 2.33 bits per heavy atom. The van der Waals surface area contributed by atoms with Crippen LogP contribution in [0.5, 0.6) is 0 Å². The standard InChI is InChI=1S/C8H17BClNO/c1-4-7-8-12-9(10)11(5-2)6-3/h7-8H,4-6H2,1-3H3/b8-7+. The zero-order valence-corrected chi connectivity index (χ0v) is 8.84. The molecule has 0 rings (SSSR count). The Morgan fingerprint density at radius 2 is 1.92 bits per heavy atom. The van der Waals surface area contributed by atoms with Crippen molar-refractivity contribution in [2.24, 2.45) is 0 Å².